The highest BCUT2D eigenvalue weighted by atomic mass is 127. The second kappa shape index (κ2) is 16.5. The highest BCUT2D eigenvalue weighted by Gasteiger charge is 2.03. The lowest BCUT2D eigenvalue weighted by molar-refractivity contribution is 0.0273. The first-order chi connectivity index (χ1) is 14.7. The van der Waals surface area contributed by atoms with Crippen LogP contribution in [0.5, 0.6) is 11.5 Å². The number of rotatable bonds is 15. The quantitative estimate of drug-likeness (QED) is 0.111. The second-order valence-corrected chi connectivity index (χ2v) is 9.48. The molecule has 4 nitrogen and oxygen atoms in total. The number of alkyl halides is 4. The molecule has 2 rings (SSSR count). The van der Waals surface area contributed by atoms with E-state index in [0.29, 0.717) is 39.6 Å². The van der Waals surface area contributed by atoms with Gasteiger partial charge in [0.2, 0.25) is 0 Å². The molecular weight excluding hydrogens is 836 g/mol. The molecule has 0 atom stereocenters. The molecule has 0 saturated heterocycles. The van der Waals surface area contributed by atoms with Gasteiger partial charge in [-0.1, -0.05) is 102 Å². The van der Waals surface area contributed by atoms with Crippen LogP contribution in [-0.2, 0) is 27.2 Å². The first-order valence-electron chi connectivity index (χ1n) is 9.59. The molecule has 0 radical (unpaired) electrons. The first kappa shape index (κ1) is 27.1. The summed E-state index contributed by atoms with van der Waals surface area (Å²) in [5, 5.41) is 0. The van der Waals surface area contributed by atoms with E-state index in [1.807, 2.05) is 0 Å². The molecule has 0 bridgehead atoms. The second-order valence-electron chi connectivity index (χ2n) is 6.43. The van der Waals surface area contributed by atoms with Gasteiger partial charge in [0, 0.05) is 17.7 Å². The monoisotopic (exact) mass is 862 g/mol. The van der Waals surface area contributed by atoms with E-state index in [1.54, 1.807) is 0 Å². The molecule has 0 N–H and O–H groups in total. The minimum absolute atomic E-state index is 0.542. The summed E-state index contributed by atoms with van der Waals surface area (Å²) in [5.41, 5.74) is 5.18. The zero-order chi connectivity index (χ0) is 21.6. The standard InChI is InChI=1S/C22H26I4O4/c23-13-17-7-18(14-24)10-21(9-17)29-5-3-27-1-2-28-4-6-30-22-11-19(15-25)8-20(12-22)16-26/h7-12H,1-6,13-16H2. The van der Waals surface area contributed by atoms with Crippen LogP contribution in [0.4, 0.5) is 0 Å². The fourth-order valence-electron chi connectivity index (χ4n) is 2.69. The topological polar surface area (TPSA) is 36.9 Å². The third-order valence-corrected chi connectivity index (χ3v) is 7.56. The molecule has 0 aliphatic carbocycles. The smallest absolute Gasteiger partial charge is 0.120 e. The van der Waals surface area contributed by atoms with Crippen molar-refractivity contribution in [2.24, 2.45) is 0 Å². The third-order valence-electron chi connectivity index (χ3n) is 4.03. The van der Waals surface area contributed by atoms with Gasteiger partial charge in [0.15, 0.2) is 0 Å². The largest absolute Gasteiger partial charge is 0.491 e. The van der Waals surface area contributed by atoms with Gasteiger partial charge < -0.3 is 18.9 Å². The molecule has 0 amide bonds. The van der Waals surface area contributed by atoms with E-state index in [1.165, 1.54) is 22.3 Å². The summed E-state index contributed by atoms with van der Waals surface area (Å²) in [5.74, 6) is 1.84. The van der Waals surface area contributed by atoms with Crippen LogP contribution < -0.4 is 9.47 Å². The van der Waals surface area contributed by atoms with Gasteiger partial charge in [-0.3, -0.25) is 0 Å². The molecular formula is C22H26I4O4. The van der Waals surface area contributed by atoms with Gasteiger partial charge in [-0.15, -0.1) is 0 Å². The normalized spacial score (nSPS) is 10.9. The van der Waals surface area contributed by atoms with E-state index >= 15 is 0 Å². The van der Waals surface area contributed by atoms with Crippen molar-refractivity contribution in [2.75, 3.05) is 39.6 Å². The Kier molecular flexibility index (Phi) is 14.9. The van der Waals surface area contributed by atoms with Crippen LogP contribution in [0.2, 0.25) is 0 Å². The van der Waals surface area contributed by atoms with Crippen LogP contribution >= 0.6 is 90.4 Å². The number of ether oxygens (including phenoxy) is 4. The molecule has 0 aromatic heterocycles. The molecule has 0 heterocycles. The van der Waals surface area contributed by atoms with E-state index in [0.717, 1.165) is 29.2 Å². The Balaban J connectivity index is 1.54. The molecule has 0 unspecified atom stereocenters. The molecule has 2 aromatic rings. The molecule has 8 heteroatoms. The molecule has 0 aliphatic rings. The van der Waals surface area contributed by atoms with Gasteiger partial charge >= 0.3 is 0 Å². The van der Waals surface area contributed by atoms with Crippen molar-refractivity contribution >= 4 is 90.4 Å². The van der Waals surface area contributed by atoms with Gasteiger partial charge in [-0.25, -0.2) is 0 Å². The maximum atomic E-state index is 5.83. The highest BCUT2D eigenvalue weighted by molar-refractivity contribution is 14.1. The average molecular weight is 862 g/mol. The van der Waals surface area contributed by atoms with Crippen molar-refractivity contribution in [1.82, 2.24) is 0 Å². The maximum absolute atomic E-state index is 5.83. The van der Waals surface area contributed by atoms with E-state index < -0.39 is 0 Å². The summed E-state index contributed by atoms with van der Waals surface area (Å²) in [4.78, 5) is 0. The van der Waals surface area contributed by atoms with E-state index in [9.17, 15) is 0 Å². The summed E-state index contributed by atoms with van der Waals surface area (Å²) in [6.45, 7) is 3.30. The van der Waals surface area contributed by atoms with Crippen LogP contribution in [-0.4, -0.2) is 39.6 Å². The van der Waals surface area contributed by atoms with Crippen LogP contribution in [0.1, 0.15) is 22.3 Å². The van der Waals surface area contributed by atoms with Crippen molar-refractivity contribution < 1.29 is 18.9 Å². The zero-order valence-electron chi connectivity index (χ0n) is 16.7. The summed E-state index contributed by atoms with van der Waals surface area (Å²) in [6, 6.07) is 12.9. The first-order valence-corrected chi connectivity index (χ1v) is 15.7. The summed E-state index contributed by atoms with van der Waals surface area (Å²) in [6.07, 6.45) is 0. The Morgan fingerprint density at radius 2 is 0.733 bits per heavy atom. The summed E-state index contributed by atoms with van der Waals surface area (Å²) >= 11 is 9.50. The number of hydrogen-bond donors (Lipinski definition) is 0. The molecule has 0 saturated carbocycles. The number of halogens is 4. The number of hydrogen-bond acceptors (Lipinski definition) is 4. The fourth-order valence-corrected chi connectivity index (χ4v) is 4.45. The molecule has 0 aliphatic heterocycles. The van der Waals surface area contributed by atoms with E-state index in [4.69, 9.17) is 18.9 Å². The van der Waals surface area contributed by atoms with Gasteiger partial charge in [0.1, 0.15) is 24.7 Å². The Hall–Kier alpha value is 0.880. The predicted molar refractivity (Wildman–Crippen MR) is 156 cm³/mol. The Bertz CT molecular complexity index is 650. The van der Waals surface area contributed by atoms with Crippen molar-refractivity contribution in [2.45, 2.75) is 17.7 Å². The van der Waals surface area contributed by atoms with Crippen LogP contribution in [0.25, 0.3) is 0 Å². The molecule has 0 fully saturated rings. The van der Waals surface area contributed by atoms with E-state index in [2.05, 4.69) is 127 Å². The van der Waals surface area contributed by atoms with Crippen molar-refractivity contribution in [3.63, 3.8) is 0 Å². The van der Waals surface area contributed by atoms with Gasteiger partial charge in [-0.05, 0) is 46.5 Å². The zero-order valence-corrected chi connectivity index (χ0v) is 25.3. The van der Waals surface area contributed by atoms with Gasteiger partial charge in [0.05, 0.1) is 26.4 Å². The summed E-state index contributed by atoms with van der Waals surface area (Å²) < 4.78 is 26.8. The lowest BCUT2D eigenvalue weighted by Gasteiger charge is -2.11. The minimum Gasteiger partial charge on any atom is -0.491 e. The number of benzene rings is 2. The lowest BCUT2D eigenvalue weighted by atomic mass is 10.1. The minimum atomic E-state index is 0.542. The SMILES string of the molecule is ICc1cc(CI)cc(OCCOCCOCCOc2cc(CI)cc(CI)c2)c1. The maximum Gasteiger partial charge on any atom is 0.120 e. The Morgan fingerprint density at radius 1 is 0.433 bits per heavy atom. The van der Waals surface area contributed by atoms with Gasteiger partial charge in [0.25, 0.3) is 0 Å². The molecule has 30 heavy (non-hydrogen) atoms. The van der Waals surface area contributed by atoms with Crippen LogP contribution in [0.15, 0.2) is 36.4 Å². The predicted octanol–water partition coefficient (Wildman–Crippen LogP) is 6.92. The highest BCUT2D eigenvalue weighted by Crippen LogP contribution is 2.22. The molecule has 0 spiro atoms. The lowest BCUT2D eigenvalue weighted by Crippen LogP contribution is -2.13. The molecule has 166 valence electrons. The fraction of sp³-hybridized carbons (Fsp3) is 0.455. The van der Waals surface area contributed by atoms with Crippen molar-refractivity contribution in [1.29, 1.82) is 0 Å². The van der Waals surface area contributed by atoms with Crippen molar-refractivity contribution in [3.05, 3.63) is 58.7 Å². The van der Waals surface area contributed by atoms with Crippen LogP contribution in [0, 0.1) is 0 Å². The Labute approximate surface area is 234 Å². The van der Waals surface area contributed by atoms with Gasteiger partial charge in [-0.2, -0.15) is 0 Å². The van der Waals surface area contributed by atoms with Crippen molar-refractivity contribution in [3.8, 4) is 11.5 Å². The Morgan fingerprint density at radius 3 is 1.03 bits per heavy atom. The van der Waals surface area contributed by atoms with E-state index in [-0.39, 0.29) is 0 Å². The van der Waals surface area contributed by atoms with Crippen LogP contribution in [0.3, 0.4) is 0 Å². The summed E-state index contributed by atoms with van der Waals surface area (Å²) in [7, 11) is 0. The third kappa shape index (κ3) is 10.7. The molecule has 2 aromatic carbocycles. The average Bonchev–Trinajstić information content (AvgIpc) is 2.79.